The van der Waals surface area contributed by atoms with Gasteiger partial charge in [-0.2, -0.15) is 0 Å². The van der Waals surface area contributed by atoms with Gasteiger partial charge in [0, 0.05) is 5.75 Å². The van der Waals surface area contributed by atoms with E-state index in [1.807, 2.05) is 0 Å². The molecule has 0 fully saturated rings. The second-order valence-corrected chi connectivity index (χ2v) is 10.0. The fourth-order valence-corrected chi connectivity index (χ4v) is 4.45. The van der Waals surface area contributed by atoms with Crippen LogP contribution >= 0.6 is 23.1 Å². The van der Waals surface area contributed by atoms with E-state index in [0.717, 1.165) is 32.8 Å². The third-order valence-corrected chi connectivity index (χ3v) is 6.53. The van der Waals surface area contributed by atoms with Gasteiger partial charge < -0.3 is 0 Å². The fraction of sp³-hybridized carbons (Fsp3) is 0.400. The van der Waals surface area contributed by atoms with Crippen LogP contribution in [0.1, 0.15) is 13.8 Å². The summed E-state index contributed by atoms with van der Waals surface area (Å²) in [6, 6.07) is 4.87. The lowest BCUT2D eigenvalue weighted by Crippen LogP contribution is -2.37. The maximum atomic E-state index is 13.0. The minimum Gasteiger partial charge on any atom is -0.299 e. The Bertz CT molecular complexity index is 853. The maximum Gasteiger partial charge on any atom is 0.246 e. The molecule has 1 aromatic carbocycles. The van der Waals surface area contributed by atoms with Gasteiger partial charge in [0.1, 0.15) is 12.4 Å². The zero-order valence-electron chi connectivity index (χ0n) is 14.5. The van der Waals surface area contributed by atoms with Gasteiger partial charge >= 0.3 is 0 Å². The average Bonchev–Trinajstić information content (AvgIpc) is 2.98. The first-order chi connectivity index (χ1) is 12.1. The Morgan fingerprint density at radius 2 is 1.96 bits per heavy atom. The van der Waals surface area contributed by atoms with Gasteiger partial charge in [-0.25, -0.2) is 12.8 Å². The van der Waals surface area contributed by atoms with Crippen LogP contribution in [-0.4, -0.2) is 43.1 Å². The van der Waals surface area contributed by atoms with Crippen molar-refractivity contribution in [3.63, 3.8) is 0 Å². The molecule has 2 aromatic rings. The van der Waals surface area contributed by atoms with Crippen molar-refractivity contribution in [1.29, 1.82) is 0 Å². The molecule has 0 aliphatic carbocycles. The minimum absolute atomic E-state index is 0.203. The summed E-state index contributed by atoms with van der Waals surface area (Å²) in [5.41, 5.74) is 0.203. The minimum atomic E-state index is -3.72. The number of nitrogens with one attached hydrogen (secondary N) is 1. The van der Waals surface area contributed by atoms with Crippen molar-refractivity contribution in [2.45, 2.75) is 18.2 Å². The summed E-state index contributed by atoms with van der Waals surface area (Å²) in [7, 11) is -3.72. The molecule has 1 heterocycles. The van der Waals surface area contributed by atoms with E-state index >= 15 is 0 Å². The molecule has 0 bridgehead atoms. The molecule has 0 saturated carbocycles. The van der Waals surface area contributed by atoms with E-state index in [9.17, 15) is 17.6 Å². The molecular formula is C15H19FN4O3S3. The number of benzene rings is 1. The van der Waals surface area contributed by atoms with Crippen molar-refractivity contribution < 1.29 is 17.6 Å². The highest BCUT2D eigenvalue weighted by molar-refractivity contribution is 8.01. The highest BCUT2D eigenvalue weighted by atomic mass is 32.2. The number of nitrogens with zero attached hydrogens (tertiary/aromatic N) is 3. The largest absolute Gasteiger partial charge is 0.299 e. The maximum absolute atomic E-state index is 13.0. The molecule has 0 atom stereocenters. The first kappa shape index (κ1) is 20.6. The molecular weight excluding hydrogens is 399 g/mol. The van der Waals surface area contributed by atoms with E-state index in [4.69, 9.17) is 0 Å². The van der Waals surface area contributed by atoms with E-state index in [2.05, 4.69) is 29.4 Å². The summed E-state index contributed by atoms with van der Waals surface area (Å²) in [5, 5.41) is 10.7. The van der Waals surface area contributed by atoms with Crippen LogP contribution in [0.5, 0.6) is 0 Å². The Morgan fingerprint density at radius 1 is 1.31 bits per heavy atom. The van der Waals surface area contributed by atoms with E-state index in [1.165, 1.54) is 23.5 Å². The second kappa shape index (κ2) is 8.78. The smallest absolute Gasteiger partial charge is 0.246 e. The topological polar surface area (TPSA) is 92.3 Å². The van der Waals surface area contributed by atoms with Crippen LogP contribution in [-0.2, 0) is 14.8 Å². The van der Waals surface area contributed by atoms with E-state index in [-0.39, 0.29) is 5.69 Å². The quantitative estimate of drug-likeness (QED) is 0.523. The van der Waals surface area contributed by atoms with Gasteiger partial charge in [0.05, 0.1) is 11.9 Å². The number of carbonyl (C=O) groups excluding carboxylic acids is 1. The molecule has 0 aliphatic heterocycles. The van der Waals surface area contributed by atoms with Crippen molar-refractivity contribution in [3.05, 3.63) is 30.1 Å². The molecule has 11 heteroatoms. The van der Waals surface area contributed by atoms with Crippen LogP contribution in [0, 0.1) is 11.7 Å². The van der Waals surface area contributed by atoms with Gasteiger partial charge in [-0.3, -0.25) is 14.4 Å². The molecule has 1 aromatic heterocycles. The molecule has 1 N–H and O–H groups in total. The summed E-state index contributed by atoms with van der Waals surface area (Å²) in [5.74, 6) is 0.332. The Balaban J connectivity index is 2.05. The van der Waals surface area contributed by atoms with Gasteiger partial charge in [-0.15, -0.1) is 10.2 Å². The van der Waals surface area contributed by atoms with Gasteiger partial charge in [-0.05, 0) is 30.2 Å². The number of aromatic nitrogens is 2. The van der Waals surface area contributed by atoms with Crippen molar-refractivity contribution in [3.8, 4) is 0 Å². The van der Waals surface area contributed by atoms with Crippen LogP contribution in [0.3, 0.4) is 0 Å². The number of thioether (sulfide) groups is 1. The number of carbonyl (C=O) groups is 1. The average molecular weight is 419 g/mol. The Hall–Kier alpha value is -1.72. The van der Waals surface area contributed by atoms with Crippen molar-refractivity contribution in [2.24, 2.45) is 5.92 Å². The molecule has 26 heavy (non-hydrogen) atoms. The number of rotatable bonds is 8. The zero-order valence-corrected chi connectivity index (χ0v) is 16.9. The predicted molar refractivity (Wildman–Crippen MR) is 103 cm³/mol. The molecule has 142 valence electrons. The number of hydrogen-bond donors (Lipinski definition) is 1. The lowest BCUT2D eigenvalue weighted by Gasteiger charge is -2.21. The Kier molecular flexibility index (Phi) is 6.95. The molecule has 7 nitrogen and oxygen atoms in total. The van der Waals surface area contributed by atoms with Crippen LogP contribution in [0.25, 0.3) is 0 Å². The first-order valence-electron chi connectivity index (χ1n) is 7.64. The molecule has 0 aliphatic rings. The summed E-state index contributed by atoms with van der Waals surface area (Å²) in [6.45, 7) is 3.73. The fourth-order valence-electron chi connectivity index (χ4n) is 1.85. The number of anilines is 2. The lowest BCUT2D eigenvalue weighted by atomic mass is 10.3. The summed E-state index contributed by atoms with van der Waals surface area (Å²) < 4.78 is 38.6. The second-order valence-electron chi connectivity index (χ2n) is 5.87. The highest BCUT2D eigenvalue weighted by Gasteiger charge is 2.21. The normalized spacial score (nSPS) is 11.6. The summed E-state index contributed by atoms with van der Waals surface area (Å²) in [4.78, 5) is 12.2. The molecule has 0 spiro atoms. The first-order valence-corrected chi connectivity index (χ1v) is 11.3. The monoisotopic (exact) mass is 418 g/mol. The molecule has 2 rings (SSSR count). The van der Waals surface area contributed by atoms with E-state index in [1.54, 1.807) is 11.8 Å². The van der Waals surface area contributed by atoms with Crippen molar-refractivity contribution in [2.75, 3.05) is 28.2 Å². The summed E-state index contributed by atoms with van der Waals surface area (Å²) in [6.07, 6.45) is 0.981. The number of amides is 1. The molecule has 1 amide bonds. The van der Waals surface area contributed by atoms with Gasteiger partial charge in [0.2, 0.25) is 21.1 Å². The van der Waals surface area contributed by atoms with Gasteiger partial charge in [-0.1, -0.05) is 36.9 Å². The van der Waals surface area contributed by atoms with Crippen molar-refractivity contribution >= 4 is 49.8 Å². The predicted octanol–water partition coefficient (Wildman–Crippen LogP) is 2.83. The van der Waals surface area contributed by atoms with E-state index < -0.39 is 28.3 Å². The number of halogens is 1. The van der Waals surface area contributed by atoms with Crippen molar-refractivity contribution in [1.82, 2.24) is 10.2 Å². The molecule has 0 radical (unpaired) electrons. The zero-order chi connectivity index (χ0) is 19.3. The standard InChI is InChI=1S/C15H19FN4O3S3/c1-10(2)9-24-15-19-18-14(25-15)17-13(21)8-20(26(3,22)23)12-6-4-11(16)5-7-12/h4-7,10H,8-9H2,1-3H3,(H,17,18,21). The van der Waals surface area contributed by atoms with Crippen LogP contribution < -0.4 is 9.62 Å². The lowest BCUT2D eigenvalue weighted by molar-refractivity contribution is -0.114. The summed E-state index contributed by atoms with van der Waals surface area (Å²) >= 11 is 2.77. The Labute approximate surface area is 160 Å². The third-order valence-electron chi connectivity index (χ3n) is 3.00. The molecule has 0 saturated heterocycles. The van der Waals surface area contributed by atoms with Crippen LogP contribution in [0.15, 0.2) is 28.6 Å². The number of hydrogen-bond acceptors (Lipinski definition) is 7. The highest BCUT2D eigenvalue weighted by Crippen LogP contribution is 2.27. The van der Waals surface area contributed by atoms with Crippen LogP contribution in [0.2, 0.25) is 0 Å². The number of sulfonamides is 1. The van der Waals surface area contributed by atoms with E-state index in [0.29, 0.717) is 11.0 Å². The molecule has 0 unspecified atom stereocenters. The van der Waals surface area contributed by atoms with Gasteiger partial charge in [0.15, 0.2) is 4.34 Å². The van der Waals surface area contributed by atoms with Gasteiger partial charge in [0.25, 0.3) is 0 Å². The third kappa shape index (κ3) is 6.22. The SMILES string of the molecule is CC(C)CSc1nnc(NC(=O)CN(c2ccc(F)cc2)S(C)(=O)=O)s1. The Morgan fingerprint density at radius 3 is 2.54 bits per heavy atom. The van der Waals surface area contributed by atoms with Crippen LogP contribution in [0.4, 0.5) is 15.2 Å².